The molecule has 2 heterocycles. The number of aromatic nitrogens is 1. The Balaban J connectivity index is 1.71. The first-order chi connectivity index (χ1) is 18.1. The molecule has 1 atom stereocenters. The van der Waals surface area contributed by atoms with Crippen molar-refractivity contribution in [1.82, 2.24) is 14.8 Å². The number of carbonyl (C=O) groups excluding carboxylic acids is 2. The summed E-state index contributed by atoms with van der Waals surface area (Å²) >= 11 is 5.50. The SMILES string of the molecule is CCn1cc(C(=O)O)c(=O)c2cc(F)c(N3CCN(C(=S)NC(CCCC(=O)OC)C(=O)OC)CC3)cc21. The molecule has 2 N–H and O–H groups in total. The first kappa shape index (κ1) is 28.8. The van der Waals surface area contributed by atoms with Gasteiger partial charge in [0.15, 0.2) is 5.11 Å². The Morgan fingerprint density at radius 1 is 1.16 bits per heavy atom. The van der Waals surface area contributed by atoms with Crippen LogP contribution in [0.15, 0.2) is 23.1 Å². The lowest BCUT2D eigenvalue weighted by molar-refractivity contribution is -0.144. The zero-order valence-electron chi connectivity index (χ0n) is 21.5. The standard InChI is InChI=1S/C25H31FN4O7S/c1-4-28-14-16(23(33)34)22(32)15-12-17(26)20(13-19(15)28)29-8-10-30(11-9-29)25(38)27-18(24(35)37-3)6-5-7-21(31)36-2/h12-14,18H,4-11H2,1-3H3,(H,27,38)(H,33,34). The molecule has 0 amide bonds. The van der Waals surface area contributed by atoms with Gasteiger partial charge in [0.25, 0.3) is 0 Å². The second-order valence-corrected chi connectivity index (χ2v) is 9.14. The molecule has 0 radical (unpaired) electrons. The van der Waals surface area contributed by atoms with E-state index in [4.69, 9.17) is 17.0 Å². The summed E-state index contributed by atoms with van der Waals surface area (Å²) in [4.78, 5) is 51.3. The van der Waals surface area contributed by atoms with Crippen LogP contribution in [0.3, 0.4) is 0 Å². The van der Waals surface area contributed by atoms with Crippen LogP contribution in [0.25, 0.3) is 10.9 Å². The average molecular weight is 551 g/mol. The highest BCUT2D eigenvalue weighted by Gasteiger charge is 2.26. The minimum Gasteiger partial charge on any atom is -0.477 e. The largest absolute Gasteiger partial charge is 0.477 e. The van der Waals surface area contributed by atoms with Crippen molar-refractivity contribution in [2.75, 3.05) is 45.3 Å². The van der Waals surface area contributed by atoms with Gasteiger partial charge in [-0.05, 0) is 44.1 Å². The van der Waals surface area contributed by atoms with Crippen LogP contribution >= 0.6 is 12.2 Å². The molecule has 0 saturated carbocycles. The third kappa shape index (κ3) is 6.39. The molecular weight excluding hydrogens is 519 g/mol. The third-order valence-corrected chi connectivity index (χ3v) is 6.89. The highest BCUT2D eigenvalue weighted by atomic mass is 32.1. The quantitative estimate of drug-likeness (QED) is 0.350. The molecule has 11 nitrogen and oxygen atoms in total. The van der Waals surface area contributed by atoms with E-state index >= 15 is 4.39 Å². The van der Waals surface area contributed by atoms with E-state index < -0.39 is 34.8 Å². The van der Waals surface area contributed by atoms with E-state index in [1.54, 1.807) is 10.6 Å². The maximum absolute atomic E-state index is 15.1. The number of pyridine rings is 1. The predicted molar refractivity (Wildman–Crippen MR) is 142 cm³/mol. The number of ether oxygens (including phenoxy) is 2. The number of methoxy groups -OCH3 is 2. The van der Waals surface area contributed by atoms with Crippen molar-refractivity contribution >= 4 is 51.8 Å². The van der Waals surface area contributed by atoms with Gasteiger partial charge in [0, 0.05) is 50.7 Å². The fourth-order valence-electron chi connectivity index (χ4n) is 4.39. The van der Waals surface area contributed by atoms with Crippen LogP contribution < -0.4 is 15.6 Å². The van der Waals surface area contributed by atoms with Gasteiger partial charge in [-0.2, -0.15) is 0 Å². The molecule has 1 fully saturated rings. The number of piperazine rings is 1. The maximum atomic E-state index is 15.1. The Morgan fingerprint density at radius 2 is 1.84 bits per heavy atom. The molecule has 1 aliphatic rings. The van der Waals surface area contributed by atoms with Gasteiger partial charge in [-0.25, -0.2) is 14.0 Å². The molecular formula is C25H31FN4O7S. The maximum Gasteiger partial charge on any atom is 0.341 e. The van der Waals surface area contributed by atoms with E-state index in [2.05, 4.69) is 10.1 Å². The smallest absolute Gasteiger partial charge is 0.341 e. The summed E-state index contributed by atoms with van der Waals surface area (Å²) in [5.74, 6) is -2.85. The molecule has 0 aliphatic carbocycles. The Kier molecular flexibility index (Phi) is 9.61. The van der Waals surface area contributed by atoms with Crippen LogP contribution in [0.1, 0.15) is 36.5 Å². The first-order valence-corrected chi connectivity index (χ1v) is 12.6. The van der Waals surface area contributed by atoms with Crippen molar-refractivity contribution < 1.29 is 33.4 Å². The molecule has 1 aliphatic heterocycles. The van der Waals surface area contributed by atoms with Crippen LogP contribution in [0.4, 0.5) is 10.1 Å². The number of hydrogen-bond donors (Lipinski definition) is 2. The van der Waals surface area contributed by atoms with Crippen LogP contribution in [0, 0.1) is 5.82 Å². The Bertz CT molecular complexity index is 1290. The zero-order chi connectivity index (χ0) is 28.0. The molecule has 1 unspecified atom stereocenters. The molecule has 13 heteroatoms. The van der Waals surface area contributed by atoms with Crippen molar-refractivity contribution in [3.05, 3.63) is 39.9 Å². The molecule has 0 bridgehead atoms. The Morgan fingerprint density at radius 3 is 2.42 bits per heavy atom. The summed E-state index contributed by atoms with van der Waals surface area (Å²) < 4.78 is 26.2. The number of carboxylic acids is 1. The lowest BCUT2D eigenvalue weighted by atomic mass is 10.1. The van der Waals surface area contributed by atoms with Crippen molar-refractivity contribution in [3.63, 3.8) is 0 Å². The van der Waals surface area contributed by atoms with E-state index in [0.717, 1.165) is 6.07 Å². The van der Waals surface area contributed by atoms with Gasteiger partial charge >= 0.3 is 17.9 Å². The summed E-state index contributed by atoms with van der Waals surface area (Å²) in [5.41, 5.74) is -0.380. The normalized spacial score (nSPS) is 14.2. The second-order valence-electron chi connectivity index (χ2n) is 8.75. The number of anilines is 1. The fraction of sp³-hybridized carbons (Fsp3) is 0.480. The average Bonchev–Trinajstić information content (AvgIpc) is 2.91. The molecule has 2 aromatic rings. The van der Waals surface area contributed by atoms with Gasteiger partial charge in [0.1, 0.15) is 17.4 Å². The van der Waals surface area contributed by atoms with Crippen LogP contribution in [0.2, 0.25) is 0 Å². The molecule has 38 heavy (non-hydrogen) atoms. The fourth-order valence-corrected chi connectivity index (χ4v) is 4.72. The summed E-state index contributed by atoms with van der Waals surface area (Å²) in [6.45, 7) is 3.92. The second kappa shape index (κ2) is 12.7. The topological polar surface area (TPSA) is 130 Å². The van der Waals surface area contributed by atoms with Crippen molar-refractivity contribution in [2.45, 2.75) is 38.8 Å². The number of aryl methyl sites for hydroxylation is 1. The van der Waals surface area contributed by atoms with E-state index in [0.29, 0.717) is 61.9 Å². The number of benzene rings is 1. The van der Waals surface area contributed by atoms with E-state index in [1.165, 1.54) is 20.4 Å². The molecule has 0 spiro atoms. The zero-order valence-corrected chi connectivity index (χ0v) is 22.3. The predicted octanol–water partition coefficient (Wildman–Crippen LogP) is 1.74. The van der Waals surface area contributed by atoms with Crippen LogP contribution in [-0.2, 0) is 25.6 Å². The van der Waals surface area contributed by atoms with Gasteiger partial charge < -0.3 is 34.3 Å². The van der Waals surface area contributed by atoms with Crippen molar-refractivity contribution in [1.29, 1.82) is 0 Å². The number of nitrogens with one attached hydrogen (secondary N) is 1. The monoisotopic (exact) mass is 550 g/mol. The number of rotatable bonds is 9. The summed E-state index contributed by atoms with van der Waals surface area (Å²) in [6, 6.07) is 1.94. The summed E-state index contributed by atoms with van der Waals surface area (Å²) in [5, 5.41) is 12.7. The number of thiocarbonyl (C=S) groups is 1. The minimum absolute atomic E-state index is 0.0121. The van der Waals surface area contributed by atoms with Crippen molar-refractivity contribution in [3.8, 4) is 0 Å². The molecule has 1 saturated heterocycles. The highest BCUT2D eigenvalue weighted by molar-refractivity contribution is 7.80. The molecule has 1 aromatic carbocycles. The number of hydrogen-bond acceptors (Lipinski definition) is 8. The molecule has 206 valence electrons. The number of nitrogens with zero attached hydrogens (tertiary/aromatic N) is 3. The molecule has 1 aromatic heterocycles. The lowest BCUT2D eigenvalue weighted by Gasteiger charge is -2.38. The summed E-state index contributed by atoms with van der Waals surface area (Å²) in [6.07, 6.45) is 2.18. The number of fused-ring (bicyclic) bond motifs is 1. The first-order valence-electron chi connectivity index (χ1n) is 12.2. The number of halogens is 1. The third-order valence-electron chi connectivity index (χ3n) is 6.51. The van der Waals surface area contributed by atoms with E-state index in [9.17, 15) is 24.3 Å². The summed E-state index contributed by atoms with van der Waals surface area (Å²) in [7, 11) is 2.58. The van der Waals surface area contributed by atoms with Crippen LogP contribution in [-0.4, -0.2) is 84.0 Å². The lowest BCUT2D eigenvalue weighted by Crippen LogP contribution is -2.54. The number of aromatic carboxylic acids is 1. The Hall–Kier alpha value is -3.74. The van der Waals surface area contributed by atoms with Gasteiger partial charge in [0.05, 0.1) is 25.4 Å². The number of carbonyl (C=O) groups is 3. The van der Waals surface area contributed by atoms with E-state index in [1.807, 2.05) is 16.7 Å². The van der Waals surface area contributed by atoms with Gasteiger partial charge in [0.2, 0.25) is 5.43 Å². The minimum atomic E-state index is -1.36. The van der Waals surface area contributed by atoms with Gasteiger partial charge in [-0.3, -0.25) is 9.59 Å². The highest BCUT2D eigenvalue weighted by Crippen LogP contribution is 2.26. The number of esters is 2. The van der Waals surface area contributed by atoms with Gasteiger partial charge in [-0.1, -0.05) is 0 Å². The number of carboxylic acid groups (broad SMARTS) is 1. The Labute approximate surface area is 224 Å². The van der Waals surface area contributed by atoms with Gasteiger partial charge in [-0.15, -0.1) is 0 Å². The van der Waals surface area contributed by atoms with Crippen molar-refractivity contribution in [2.24, 2.45) is 0 Å². The van der Waals surface area contributed by atoms with Crippen LogP contribution in [0.5, 0.6) is 0 Å². The van der Waals surface area contributed by atoms with E-state index in [-0.39, 0.29) is 17.8 Å². The molecule has 3 rings (SSSR count).